The van der Waals surface area contributed by atoms with E-state index < -0.39 is 91.2 Å². The zero-order valence-corrected chi connectivity index (χ0v) is 17.4. The first-order valence-electron chi connectivity index (χ1n) is 10.0. The number of hydrogen-bond donors (Lipinski definition) is 0. The van der Waals surface area contributed by atoms with Crippen molar-refractivity contribution in [2.75, 3.05) is 0 Å². The third kappa shape index (κ3) is 3.24. The molecular weight excluding hydrogens is 502 g/mol. The van der Waals surface area contributed by atoms with Crippen LogP contribution in [-0.4, -0.2) is 0 Å². The lowest BCUT2D eigenvalue weighted by Gasteiger charge is -2.19. The monoisotopic (exact) mass is 510 g/mol. The van der Waals surface area contributed by atoms with Gasteiger partial charge in [0.2, 0.25) is 5.82 Å². The predicted octanol–water partition coefficient (Wildman–Crippen LogP) is 8.72. The Labute approximate surface area is 195 Å². The molecule has 0 spiro atoms. The molecule has 0 radical (unpaired) electrons. The fourth-order valence-electron chi connectivity index (χ4n) is 4.31. The van der Waals surface area contributed by atoms with Crippen LogP contribution in [0.3, 0.4) is 0 Å². The van der Waals surface area contributed by atoms with Crippen molar-refractivity contribution < 1.29 is 43.9 Å². The molecule has 0 amide bonds. The number of benzene rings is 5. The molecule has 182 valence electrons. The fourth-order valence-corrected chi connectivity index (χ4v) is 4.31. The maximum absolute atomic E-state index is 15.2. The van der Waals surface area contributed by atoms with Crippen molar-refractivity contribution in [3.63, 3.8) is 0 Å². The summed E-state index contributed by atoms with van der Waals surface area (Å²) in [5.41, 5.74) is -3.28. The highest BCUT2D eigenvalue weighted by molar-refractivity contribution is 6.21. The Kier molecular flexibility index (Phi) is 5.42. The molecule has 5 rings (SSSR count). The minimum absolute atomic E-state index is 0.196. The van der Waals surface area contributed by atoms with Gasteiger partial charge in [0.25, 0.3) is 0 Å². The van der Waals surface area contributed by atoms with Gasteiger partial charge in [-0.2, -0.15) is 0 Å². The Balaban J connectivity index is 2.11. The number of halogens is 10. The number of rotatable bonds is 2. The zero-order chi connectivity index (χ0) is 26.0. The SMILES string of the molecule is Fc1cc(-c2c3ccccc3c(-c3c(F)c(F)c(F)c(F)c3F)c3c(F)ccc(F)c23)cc(F)c1F. The summed E-state index contributed by atoms with van der Waals surface area (Å²) in [4.78, 5) is 0. The summed E-state index contributed by atoms with van der Waals surface area (Å²) in [5.74, 6) is -19.4. The molecule has 0 nitrogen and oxygen atoms in total. The number of fused-ring (bicyclic) bond motifs is 2. The van der Waals surface area contributed by atoms with Gasteiger partial charge in [-0.15, -0.1) is 0 Å². The third-order valence-corrected chi connectivity index (χ3v) is 5.80. The van der Waals surface area contributed by atoms with Crippen LogP contribution in [0.4, 0.5) is 43.9 Å². The van der Waals surface area contributed by atoms with Crippen LogP contribution in [0.1, 0.15) is 0 Å². The summed E-state index contributed by atoms with van der Waals surface area (Å²) in [6.45, 7) is 0. The summed E-state index contributed by atoms with van der Waals surface area (Å²) < 4.78 is 144. The Bertz CT molecular complexity index is 1690. The van der Waals surface area contributed by atoms with E-state index in [4.69, 9.17) is 0 Å². The molecule has 0 saturated heterocycles. The van der Waals surface area contributed by atoms with E-state index in [1.807, 2.05) is 0 Å². The summed E-state index contributed by atoms with van der Waals surface area (Å²) in [6.07, 6.45) is 0. The van der Waals surface area contributed by atoms with Crippen LogP contribution in [-0.2, 0) is 0 Å². The smallest absolute Gasteiger partial charge is 0.200 e. The minimum atomic E-state index is -2.46. The molecule has 0 aliphatic carbocycles. The summed E-state index contributed by atoms with van der Waals surface area (Å²) in [5, 5.41) is -2.23. The Morgan fingerprint density at radius 2 is 0.778 bits per heavy atom. The van der Waals surface area contributed by atoms with Gasteiger partial charge in [-0.05, 0) is 40.6 Å². The van der Waals surface area contributed by atoms with Gasteiger partial charge in [0.05, 0.1) is 5.56 Å². The molecule has 0 N–H and O–H groups in total. The molecule has 5 aromatic carbocycles. The normalized spacial score (nSPS) is 11.6. The largest absolute Gasteiger partial charge is 0.206 e. The van der Waals surface area contributed by atoms with Gasteiger partial charge in [0, 0.05) is 21.9 Å². The summed E-state index contributed by atoms with van der Waals surface area (Å²) in [7, 11) is 0. The van der Waals surface area contributed by atoms with Gasteiger partial charge in [-0.1, -0.05) is 24.3 Å². The van der Waals surface area contributed by atoms with E-state index in [0.29, 0.717) is 24.3 Å². The van der Waals surface area contributed by atoms with Gasteiger partial charge in [0.15, 0.2) is 40.7 Å². The van der Waals surface area contributed by atoms with Crippen molar-refractivity contribution in [3.05, 3.63) is 107 Å². The molecule has 10 heteroatoms. The maximum atomic E-state index is 15.2. The molecule has 0 fully saturated rings. The second kappa shape index (κ2) is 8.25. The zero-order valence-electron chi connectivity index (χ0n) is 17.4. The second-order valence-electron chi connectivity index (χ2n) is 7.77. The van der Waals surface area contributed by atoms with Crippen molar-refractivity contribution in [3.8, 4) is 22.3 Å². The first-order chi connectivity index (χ1) is 17.0. The van der Waals surface area contributed by atoms with Gasteiger partial charge >= 0.3 is 0 Å². The van der Waals surface area contributed by atoms with E-state index >= 15 is 8.78 Å². The van der Waals surface area contributed by atoms with Crippen LogP contribution in [0, 0.1) is 58.2 Å². The minimum Gasteiger partial charge on any atom is -0.206 e. The van der Waals surface area contributed by atoms with Gasteiger partial charge in [-0.25, -0.2) is 43.9 Å². The third-order valence-electron chi connectivity index (χ3n) is 5.80. The van der Waals surface area contributed by atoms with Crippen LogP contribution in [0.5, 0.6) is 0 Å². The van der Waals surface area contributed by atoms with Crippen molar-refractivity contribution in [1.82, 2.24) is 0 Å². The molecule has 36 heavy (non-hydrogen) atoms. The lowest BCUT2D eigenvalue weighted by molar-refractivity contribution is 0.381. The summed E-state index contributed by atoms with van der Waals surface area (Å²) in [6, 6.07) is 7.08. The van der Waals surface area contributed by atoms with Gasteiger partial charge < -0.3 is 0 Å². The van der Waals surface area contributed by atoms with E-state index in [1.54, 1.807) is 0 Å². The lowest BCUT2D eigenvalue weighted by Crippen LogP contribution is -2.06. The van der Waals surface area contributed by atoms with E-state index in [-0.39, 0.29) is 10.8 Å². The molecule has 0 bridgehead atoms. The van der Waals surface area contributed by atoms with Crippen molar-refractivity contribution in [2.24, 2.45) is 0 Å². The first kappa shape index (κ1) is 23.7. The highest BCUT2D eigenvalue weighted by Crippen LogP contribution is 2.47. The molecule has 0 heterocycles. The fraction of sp³-hybridized carbons (Fsp3) is 0. The van der Waals surface area contributed by atoms with Crippen molar-refractivity contribution in [1.29, 1.82) is 0 Å². The Morgan fingerprint density at radius 1 is 0.361 bits per heavy atom. The molecule has 0 aliphatic rings. The first-order valence-corrected chi connectivity index (χ1v) is 10.0. The highest BCUT2D eigenvalue weighted by Gasteiger charge is 2.31. The standard InChI is InChI=1S/C26H8F10/c27-12-5-6-13(28)19-17(20-22(32)24(34)26(36)25(35)23(20)33)11-4-2-1-3-10(11)16(18(12)19)9-7-14(29)21(31)15(30)8-9/h1-8H. The Hall–Kier alpha value is -4.08. The molecule has 5 aromatic rings. The van der Waals surface area contributed by atoms with Crippen molar-refractivity contribution >= 4 is 21.5 Å². The van der Waals surface area contributed by atoms with E-state index in [9.17, 15) is 35.1 Å². The van der Waals surface area contributed by atoms with Crippen LogP contribution in [0.25, 0.3) is 43.8 Å². The average Bonchev–Trinajstić information content (AvgIpc) is 2.86. The molecule has 0 aromatic heterocycles. The van der Waals surface area contributed by atoms with Crippen molar-refractivity contribution in [2.45, 2.75) is 0 Å². The van der Waals surface area contributed by atoms with E-state index in [2.05, 4.69) is 0 Å². The lowest BCUT2D eigenvalue weighted by atomic mass is 9.85. The molecule has 0 atom stereocenters. The quantitative estimate of drug-likeness (QED) is 0.0965. The molecule has 0 unspecified atom stereocenters. The van der Waals surface area contributed by atoms with Gasteiger partial charge in [0.1, 0.15) is 11.6 Å². The average molecular weight is 510 g/mol. The van der Waals surface area contributed by atoms with Crippen LogP contribution in [0.15, 0.2) is 48.5 Å². The molecule has 0 saturated carbocycles. The van der Waals surface area contributed by atoms with Crippen LogP contribution < -0.4 is 0 Å². The van der Waals surface area contributed by atoms with Crippen LogP contribution >= 0.6 is 0 Å². The molecular formula is C26H8F10. The predicted molar refractivity (Wildman–Crippen MR) is 112 cm³/mol. The van der Waals surface area contributed by atoms with Gasteiger partial charge in [-0.3, -0.25) is 0 Å². The summed E-state index contributed by atoms with van der Waals surface area (Å²) >= 11 is 0. The van der Waals surface area contributed by atoms with Crippen LogP contribution in [0.2, 0.25) is 0 Å². The maximum Gasteiger partial charge on any atom is 0.200 e. The Morgan fingerprint density at radius 3 is 1.28 bits per heavy atom. The van der Waals surface area contributed by atoms with E-state index in [0.717, 1.165) is 6.07 Å². The highest BCUT2D eigenvalue weighted by atomic mass is 19.2. The number of hydrogen-bond acceptors (Lipinski definition) is 0. The topological polar surface area (TPSA) is 0 Å². The second-order valence-corrected chi connectivity index (χ2v) is 7.77. The van der Waals surface area contributed by atoms with E-state index in [1.165, 1.54) is 18.2 Å². The molecule has 0 aliphatic heterocycles.